The third kappa shape index (κ3) is 25.3. The van der Waals surface area contributed by atoms with E-state index >= 15 is 0 Å². The second kappa shape index (κ2) is 26.0. The van der Waals surface area contributed by atoms with Crippen LogP contribution >= 0.6 is 177 Å². The maximum atomic E-state index is 7.77. The summed E-state index contributed by atoms with van der Waals surface area (Å²) < 4.78 is 90.7. The quantitative estimate of drug-likeness (QED) is 0.0467. The largest absolute Gasteiger partial charge is 0.478 e. The third-order valence-corrected chi connectivity index (χ3v) is 69.0. The van der Waals surface area contributed by atoms with E-state index in [0.29, 0.717) is 12.1 Å². The minimum atomic E-state index is -4.59. The Kier molecular flexibility index (Phi) is 26.1. The van der Waals surface area contributed by atoms with Gasteiger partial charge < -0.3 is 49.4 Å². The van der Waals surface area contributed by atoms with Crippen LogP contribution in [0.25, 0.3) is 0 Å². The predicted octanol–water partition coefficient (Wildman–Crippen LogP) is 14.7. The molecule has 12 nitrogen and oxygen atoms in total. The van der Waals surface area contributed by atoms with Crippen molar-refractivity contribution in [3.63, 3.8) is 0 Å². The highest BCUT2D eigenvalue weighted by molar-refractivity contribution is 7.48. The maximum absolute atomic E-state index is 7.77. The molecule has 45 heteroatoms. The molecule has 6 bridgehead atoms. The monoisotopic (exact) mass is 1580 g/mol. The van der Waals surface area contributed by atoms with E-state index in [9.17, 15) is 0 Å². The van der Waals surface area contributed by atoms with E-state index in [1.807, 2.05) is 6.55 Å². The van der Waals surface area contributed by atoms with Crippen molar-refractivity contribution in [3.8, 4) is 0 Å². The lowest BCUT2D eigenvalue weighted by Crippen LogP contribution is -2.84. The molecule has 0 saturated carbocycles. The molecule has 4 aliphatic heterocycles. The summed E-state index contributed by atoms with van der Waals surface area (Å²) in [4.78, 5) is 0. The molecule has 4 unspecified atom stereocenters. The van der Waals surface area contributed by atoms with Gasteiger partial charge in [-0.15, -0.1) is 177 Å². The summed E-state index contributed by atoms with van der Waals surface area (Å²) in [5, 5.41) is 0. The molecule has 4 atom stereocenters. The van der Waals surface area contributed by atoms with Crippen LogP contribution in [0.5, 0.6) is 0 Å². The van der Waals surface area contributed by atoms with E-state index in [2.05, 4.69) is 0 Å². The number of rotatable bonds is 26. The Balaban J connectivity index is 2.27. The van der Waals surface area contributed by atoms with Gasteiger partial charge in [-0.2, -0.15) is 0 Å². The van der Waals surface area contributed by atoms with Gasteiger partial charge in [0.25, 0.3) is 10.0 Å². The number of hydrogen-bond acceptors (Lipinski definition) is 12. The fourth-order valence-corrected chi connectivity index (χ4v) is 88.3. The van der Waals surface area contributed by atoms with Gasteiger partial charge in [0.2, 0.25) is 53.5 Å². The lowest BCUT2D eigenvalue weighted by atomic mass is 10.9. The first-order chi connectivity index (χ1) is 30.7. The van der Waals surface area contributed by atoms with E-state index in [0.717, 1.165) is 0 Å². The van der Waals surface area contributed by atoms with Gasteiger partial charge >= 0.3 is 61.6 Å². The summed E-state index contributed by atoms with van der Waals surface area (Å²) in [6, 6.07) is 2.88. The van der Waals surface area contributed by atoms with Gasteiger partial charge in [-0.3, -0.25) is 0 Å². The van der Waals surface area contributed by atoms with Crippen molar-refractivity contribution >= 4 is 312 Å². The van der Waals surface area contributed by atoms with Gasteiger partial charge in [0.1, 0.15) is 0 Å². The second-order valence-electron chi connectivity index (χ2n) is 19.1. The van der Waals surface area contributed by atoms with E-state index in [-0.39, 0.29) is 84.6 Å². The van der Waals surface area contributed by atoms with Crippen LogP contribution < -0.4 is 0 Å². The molecule has 69 heavy (non-hydrogen) atoms. The molecule has 4 rings (SSSR count). The summed E-state index contributed by atoms with van der Waals surface area (Å²) >= 11 is 111. The molecule has 0 aromatic rings. The van der Waals surface area contributed by atoms with Crippen LogP contribution in [0.15, 0.2) is 0 Å². The van der Waals surface area contributed by atoms with Crippen LogP contribution in [-0.4, -0.2) is 135 Å². The fourth-order valence-electron chi connectivity index (χ4n) is 7.18. The van der Waals surface area contributed by atoms with Gasteiger partial charge in [0.05, 0.1) is 0 Å². The first-order valence-electron chi connectivity index (χ1n) is 22.0. The first kappa shape index (κ1) is 69.3. The summed E-state index contributed by atoms with van der Waals surface area (Å²) in [5.41, 5.74) is 0. The Morgan fingerprint density at radius 1 is 0.319 bits per heavy atom. The highest BCUT2D eigenvalue weighted by Gasteiger charge is 2.78. The molecule has 0 aromatic carbocycles. The van der Waals surface area contributed by atoms with Gasteiger partial charge in [-0.1, -0.05) is 0 Å². The number of fused-ring (bicyclic) bond motifs is 4. The van der Waals surface area contributed by atoms with Crippen molar-refractivity contribution in [2.24, 2.45) is 0 Å². The zero-order chi connectivity index (χ0) is 52.7. The van der Waals surface area contributed by atoms with Gasteiger partial charge in [-0.25, -0.2) is 0 Å². The molecular formula is C24H60Cl16O12Si17. The van der Waals surface area contributed by atoms with E-state index in [4.69, 9.17) is 227 Å². The Labute approximate surface area is 503 Å². The Morgan fingerprint density at radius 3 is 0.797 bits per heavy atom. The third-order valence-electron chi connectivity index (χ3n) is 10.5. The van der Waals surface area contributed by atoms with Crippen molar-refractivity contribution in [3.05, 3.63) is 0 Å². The Morgan fingerprint density at radius 2 is 0.536 bits per heavy atom. The average molecular weight is 1590 g/mol. The summed E-state index contributed by atoms with van der Waals surface area (Å²) in [5.74, 6) is 0. The fraction of sp³-hybridized carbons (Fsp3) is 1.00. The topological polar surface area (TPSA) is 111 Å². The molecule has 0 aliphatic carbocycles. The lowest BCUT2D eigenvalue weighted by molar-refractivity contribution is 0.00599. The highest BCUT2D eigenvalue weighted by Crippen LogP contribution is 2.53. The van der Waals surface area contributed by atoms with Crippen molar-refractivity contribution in [1.82, 2.24) is 0 Å². The minimum absolute atomic E-state index is 0.00585. The molecule has 0 radical (unpaired) electrons. The van der Waals surface area contributed by atoms with Crippen molar-refractivity contribution < 1.29 is 49.4 Å². The van der Waals surface area contributed by atoms with Crippen LogP contribution in [0.3, 0.4) is 0 Å². The van der Waals surface area contributed by atoms with Gasteiger partial charge in [0.15, 0.2) is 9.76 Å². The molecule has 4 fully saturated rings. The van der Waals surface area contributed by atoms with Crippen LogP contribution in [-0.2, 0) is 49.4 Å². The smallest absolute Gasteiger partial charge is 0.422 e. The van der Waals surface area contributed by atoms with E-state index in [1.165, 1.54) is 0 Å². The maximum Gasteiger partial charge on any atom is 0.478 e. The number of hydrogen-bond donors (Lipinski definition) is 0. The normalized spacial score (nSPS) is 33.9. The van der Waals surface area contributed by atoms with Crippen LogP contribution in [0.2, 0.25) is 149 Å². The van der Waals surface area contributed by atoms with Crippen molar-refractivity contribution in [2.75, 3.05) is 0 Å². The van der Waals surface area contributed by atoms with Gasteiger partial charge in [0, 0.05) is 42.3 Å². The minimum Gasteiger partial charge on any atom is -0.422 e. The summed E-state index contributed by atoms with van der Waals surface area (Å²) in [7, 11) is -35.1. The van der Waals surface area contributed by atoms with E-state index < -0.39 is 135 Å². The zero-order valence-corrected chi connectivity index (χ0v) is 69.1. The molecule has 0 aromatic heterocycles. The molecule has 4 heterocycles. The molecule has 4 aliphatic rings. The van der Waals surface area contributed by atoms with Crippen molar-refractivity contribution in [1.29, 1.82) is 0 Å². The van der Waals surface area contributed by atoms with Crippen LogP contribution in [0, 0.1) is 0 Å². The lowest BCUT2D eigenvalue weighted by Gasteiger charge is -2.59. The summed E-state index contributed by atoms with van der Waals surface area (Å²) in [6.45, 7) is -9.20. The molecular weight excluding hydrogens is 1520 g/mol. The Bertz CT molecular complexity index is 1640. The molecule has 0 spiro atoms. The first-order valence-corrected chi connectivity index (χ1v) is 76.1. The van der Waals surface area contributed by atoms with Crippen molar-refractivity contribution in [2.45, 2.75) is 149 Å². The van der Waals surface area contributed by atoms with E-state index in [1.54, 1.807) is 45.8 Å². The highest BCUT2D eigenvalue weighted by atomic mass is 35.7. The molecule has 4 saturated heterocycles. The molecule has 0 amide bonds. The van der Waals surface area contributed by atoms with Gasteiger partial charge in [-0.05, 0) is 107 Å². The zero-order valence-electron chi connectivity index (χ0n) is 39.2. The van der Waals surface area contributed by atoms with Crippen LogP contribution in [0.4, 0.5) is 0 Å². The standard InChI is InChI=1S/C24H60Cl16O12Si17/c1-55(25,26)10-9-53-41-63(18-11-56(2,27)28)44-66(21-14-59(5,33)34)46-64(19-12-57(3,29)30)42-54-43-65(20-13-58(4,31)32)47-67(45-63,22-15-60(6,35)36)51-69(50-66,24-17-62(8,39)40)52-68(48-64,49-65)23-16-61(7,37)38/h9-24,53-54H2,1-8H3. The molecule has 408 valence electrons. The summed E-state index contributed by atoms with van der Waals surface area (Å²) in [6.07, 6.45) is 0. The Hall–Kier alpha value is 7.85. The van der Waals surface area contributed by atoms with Crippen LogP contribution in [0.1, 0.15) is 0 Å². The molecule has 0 N–H and O–H groups in total. The number of halogens is 16. The average Bonchev–Trinajstić information content (AvgIpc) is 3.09. The second-order valence-corrected chi connectivity index (χ2v) is 110. The predicted molar refractivity (Wildman–Crippen MR) is 334 cm³/mol. The SMILES string of the molecule is C[Si](Cl)(Cl)CC[SiH2]O[Si]1(CC[Si](C)(Cl)Cl)O[Si]2(CC[Si](C)(Cl)Cl)O[Si]3(CC[Si](C)(Cl)Cl)O[SiH2]O[Si]4(CC[Si](C)(Cl)Cl)O[Si](CC[Si](C)(Cl)Cl)(O1)O[Si](CC[Si](C)(Cl)Cl)(O2)O[Si](CC[Si](C)(Cl)Cl)(O3)O4.